The van der Waals surface area contributed by atoms with Crippen molar-refractivity contribution in [3.8, 4) is 0 Å². The van der Waals surface area contributed by atoms with E-state index in [1.165, 1.54) is 0 Å². The summed E-state index contributed by atoms with van der Waals surface area (Å²) in [7, 11) is 0. The van der Waals surface area contributed by atoms with Gasteiger partial charge in [-0.1, -0.05) is 40.4 Å². The van der Waals surface area contributed by atoms with Gasteiger partial charge < -0.3 is 0 Å². The average molecular weight is 358 g/mol. The summed E-state index contributed by atoms with van der Waals surface area (Å²) in [6.07, 6.45) is 2.74. The molecule has 0 N–H and O–H groups in total. The fourth-order valence-electron chi connectivity index (χ4n) is 1.70. The quantitative estimate of drug-likeness (QED) is 0.620. The molecule has 0 aromatic rings. The molecule has 0 bridgehead atoms. The van der Waals surface area contributed by atoms with E-state index < -0.39 is 15.9 Å². The molecular weight excluding hydrogens is 348 g/mol. The molecule has 3 atom stereocenters. The topological polar surface area (TPSA) is 0 Å². The lowest BCUT2D eigenvalue weighted by Gasteiger charge is -2.37. The first-order chi connectivity index (χ1) is 6.27. The maximum atomic E-state index is 13.7. The molecule has 0 aliphatic heterocycles. The van der Waals surface area contributed by atoms with Gasteiger partial charge in [-0.2, -0.15) is 8.78 Å². The van der Waals surface area contributed by atoms with Crippen LogP contribution in [0.25, 0.3) is 0 Å². The second-order valence-corrected chi connectivity index (χ2v) is 6.25. The molecule has 0 saturated heterocycles. The van der Waals surface area contributed by atoms with Crippen LogP contribution >= 0.6 is 43.5 Å². The van der Waals surface area contributed by atoms with Crippen molar-refractivity contribution in [1.29, 1.82) is 0 Å². The summed E-state index contributed by atoms with van der Waals surface area (Å²) in [5.74, 6) is -0.854. The SMILES string of the molecule is FC(F)(Br)C(F)(Cl)C1CCCCC1Br. The van der Waals surface area contributed by atoms with Crippen LogP contribution in [0.2, 0.25) is 0 Å². The van der Waals surface area contributed by atoms with Crippen molar-refractivity contribution in [2.75, 3.05) is 0 Å². The van der Waals surface area contributed by atoms with Gasteiger partial charge in [-0.15, -0.1) is 0 Å². The van der Waals surface area contributed by atoms with E-state index in [4.69, 9.17) is 11.6 Å². The fraction of sp³-hybridized carbons (Fsp3) is 1.00. The Bertz CT molecular complexity index is 205. The first kappa shape index (κ1) is 13.1. The van der Waals surface area contributed by atoms with Gasteiger partial charge in [-0.25, -0.2) is 4.39 Å². The molecule has 0 amide bonds. The summed E-state index contributed by atoms with van der Waals surface area (Å²) >= 11 is 10.5. The summed E-state index contributed by atoms with van der Waals surface area (Å²) in [6.45, 7) is 0. The van der Waals surface area contributed by atoms with Crippen molar-refractivity contribution in [2.45, 2.75) is 40.5 Å². The number of hydrogen-bond acceptors (Lipinski definition) is 0. The Morgan fingerprint density at radius 2 is 1.64 bits per heavy atom. The second-order valence-electron chi connectivity index (χ2n) is 3.53. The van der Waals surface area contributed by atoms with Gasteiger partial charge in [-0.3, -0.25) is 0 Å². The fourth-order valence-corrected chi connectivity index (χ4v) is 3.36. The molecule has 1 aliphatic carbocycles. The van der Waals surface area contributed by atoms with Crippen LogP contribution < -0.4 is 0 Å². The van der Waals surface area contributed by atoms with Crippen LogP contribution in [-0.2, 0) is 0 Å². The Balaban J connectivity index is 2.79. The lowest BCUT2D eigenvalue weighted by Crippen LogP contribution is -2.46. The van der Waals surface area contributed by atoms with Crippen LogP contribution in [0.15, 0.2) is 0 Å². The van der Waals surface area contributed by atoms with Crippen LogP contribution in [0.5, 0.6) is 0 Å². The predicted molar refractivity (Wildman–Crippen MR) is 58.2 cm³/mol. The first-order valence-corrected chi connectivity index (χ1v) is 6.44. The maximum Gasteiger partial charge on any atom is 0.348 e. The van der Waals surface area contributed by atoms with E-state index in [0.29, 0.717) is 12.8 Å². The Labute approximate surface area is 103 Å². The smallest absolute Gasteiger partial charge is 0.218 e. The Morgan fingerprint density at radius 3 is 2.07 bits per heavy atom. The monoisotopic (exact) mass is 356 g/mol. The van der Waals surface area contributed by atoms with Crippen molar-refractivity contribution in [3.63, 3.8) is 0 Å². The van der Waals surface area contributed by atoms with Gasteiger partial charge in [0.25, 0.3) is 5.13 Å². The number of alkyl halides is 6. The zero-order valence-electron chi connectivity index (χ0n) is 7.25. The molecule has 0 heterocycles. The number of hydrogen-bond donors (Lipinski definition) is 0. The minimum absolute atomic E-state index is 0.276. The maximum absolute atomic E-state index is 13.7. The second kappa shape index (κ2) is 4.50. The van der Waals surface area contributed by atoms with E-state index in [2.05, 4.69) is 15.9 Å². The minimum Gasteiger partial charge on any atom is -0.218 e. The molecule has 1 aliphatic rings. The van der Waals surface area contributed by atoms with E-state index in [1.54, 1.807) is 0 Å². The first-order valence-electron chi connectivity index (χ1n) is 4.35. The van der Waals surface area contributed by atoms with E-state index in [1.807, 2.05) is 15.9 Å². The third-order valence-corrected chi connectivity index (χ3v) is 4.94. The standard InChI is InChI=1S/C8H10Br2ClF3/c9-6-4-2-1-3-5(6)7(11,12)8(10,13)14/h5-6H,1-4H2. The molecule has 0 spiro atoms. The van der Waals surface area contributed by atoms with Gasteiger partial charge in [0.15, 0.2) is 0 Å². The Morgan fingerprint density at radius 1 is 1.14 bits per heavy atom. The summed E-state index contributed by atoms with van der Waals surface area (Å²) in [6, 6.07) is 0. The summed E-state index contributed by atoms with van der Waals surface area (Å²) < 4.78 is 39.4. The molecule has 3 unspecified atom stereocenters. The van der Waals surface area contributed by atoms with Gasteiger partial charge in [0.05, 0.1) is 0 Å². The molecule has 1 saturated carbocycles. The zero-order chi connectivity index (χ0) is 11.0. The molecule has 0 aromatic heterocycles. The van der Waals surface area contributed by atoms with Crippen molar-refractivity contribution in [2.24, 2.45) is 5.92 Å². The molecule has 6 heteroatoms. The van der Waals surface area contributed by atoms with Crippen molar-refractivity contribution >= 4 is 43.5 Å². The van der Waals surface area contributed by atoms with Gasteiger partial charge in [-0.05, 0) is 28.8 Å². The van der Waals surface area contributed by atoms with E-state index >= 15 is 0 Å². The lowest BCUT2D eigenvalue weighted by molar-refractivity contribution is -0.0447. The third-order valence-electron chi connectivity index (χ3n) is 2.53. The predicted octanol–water partition coefficient (Wildman–Crippen LogP) is 4.83. The lowest BCUT2D eigenvalue weighted by atomic mass is 9.85. The van der Waals surface area contributed by atoms with Gasteiger partial charge >= 0.3 is 4.83 Å². The normalized spacial score (nSPS) is 33.9. The molecule has 0 radical (unpaired) electrons. The van der Waals surface area contributed by atoms with E-state index in [-0.39, 0.29) is 4.83 Å². The molecule has 0 nitrogen and oxygen atoms in total. The van der Waals surface area contributed by atoms with E-state index in [9.17, 15) is 13.2 Å². The van der Waals surface area contributed by atoms with Gasteiger partial charge in [0, 0.05) is 10.7 Å². The van der Waals surface area contributed by atoms with Crippen molar-refractivity contribution in [3.05, 3.63) is 0 Å². The highest BCUT2D eigenvalue weighted by molar-refractivity contribution is 9.10. The highest BCUT2D eigenvalue weighted by Crippen LogP contribution is 2.52. The van der Waals surface area contributed by atoms with Crippen molar-refractivity contribution in [1.82, 2.24) is 0 Å². The van der Waals surface area contributed by atoms with Crippen LogP contribution in [0.1, 0.15) is 25.7 Å². The molecule has 0 aromatic carbocycles. The third kappa shape index (κ3) is 2.59. The zero-order valence-corrected chi connectivity index (χ0v) is 11.2. The highest BCUT2D eigenvalue weighted by Gasteiger charge is 2.58. The number of halogens is 6. The van der Waals surface area contributed by atoms with Crippen molar-refractivity contribution < 1.29 is 13.2 Å². The summed E-state index contributed by atoms with van der Waals surface area (Å²) in [5, 5.41) is -3.01. The Kier molecular flexibility index (Phi) is 4.21. The molecule has 84 valence electrons. The average Bonchev–Trinajstić information content (AvgIpc) is 2.02. The Hall–Kier alpha value is 1.04. The highest BCUT2D eigenvalue weighted by atomic mass is 79.9. The van der Waals surface area contributed by atoms with Crippen LogP contribution in [0, 0.1) is 5.92 Å². The van der Waals surface area contributed by atoms with Crippen LogP contribution in [-0.4, -0.2) is 14.8 Å². The van der Waals surface area contributed by atoms with Gasteiger partial charge in [0.2, 0.25) is 0 Å². The van der Waals surface area contributed by atoms with Crippen LogP contribution in [0.4, 0.5) is 13.2 Å². The number of rotatable bonds is 2. The minimum atomic E-state index is -3.68. The largest absolute Gasteiger partial charge is 0.348 e. The summed E-state index contributed by atoms with van der Waals surface area (Å²) in [4.78, 5) is -3.96. The van der Waals surface area contributed by atoms with Gasteiger partial charge in [0.1, 0.15) is 0 Å². The molecule has 1 fully saturated rings. The molecule has 14 heavy (non-hydrogen) atoms. The van der Waals surface area contributed by atoms with E-state index in [0.717, 1.165) is 12.8 Å². The molecule has 1 rings (SSSR count). The van der Waals surface area contributed by atoms with Crippen LogP contribution in [0.3, 0.4) is 0 Å². The molecular formula is C8H10Br2ClF3. The summed E-state index contributed by atoms with van der Waals surface area (Å²) in [5.41, 5.74) is 0.